The van der Waals surface area contributed by atoms with E-state index < -0.39 is 8.07 Å². The van der Waals surface area contributed by atoms with Crippen LogP contribution in [-0.2, 0) is 0 Å². The molecule has 2 fully saturated rings. The highest BCUT2D eigenvalue weighted by Crippen LogP contribution is 2.60. The van der Waals surface area contributed by atoms with Crippen LogP contribution in [0.1, 0.15) is 59.0 Å². The molecule has 2 aromatic rings. The van der Waals surface area contributed by atoms with Crippen molar-refractivity contribution < 1.29 is 0 Å². The number of fused-ring (bicyclic) bond motifs is 2. The first-order chi connectivity index (χ1) is 14.0. The van der Waals surface area contributed by atoms with E-state index >= 15 is 0 Å². The molecule has 0 bridgehead atoms. The number of hydrogen-bond donors (Lipinski definition) is 0. The van der Waals surface area contributed by atoms with E-state index in [4.69, 9.17) is 23.2 Å². The smallest absolute Gasteiger partial charge is 0.0722 e. The summed E-state index contributed by atoms with van der Waals surface area (Å²) in [5, 5.41) is 1.83. The fraction of sp³-hybridized carbons (Fsp3) is 0.385. The second kappa shape index (κ2) is 6.36. The van der Waals surface area contributed by atoms with E-state index in [0.29, 0.717) is 11.1 Å². The fourth-order valence-corrected chi connectivity index (χ4v) is 11.4. The van der Waals surface area contributed by atoms with Gasteiger partial charge in [-0.15, -0.1) is 0 Å². The lowest BCUT2D eigenvalue weighted by atomic mass is 10.1. The lowest BCUT2D eigenvalue weighted by Crippen LogP contribution is -2.43. The Hall–Kier alpha value is -1.28. The van der Waals surface area contributed by atoms with Crippen molar-refractivity contribution in [3.63, 3.8) is 0 Å². The summed E-state index contributed by atoms with van der Waals surface area (Å²) in [5.74, 6) is 1.53. The van der Waals surface area contributed by atoms with Crippen molar-refractivity contribution in [3.05, 3.63) is 79.8 Å². The number of benzene rings is 2. The van der Waals surface area contributed by atoms with Crippen molar-refractivity contribution in [2.24, 2.45) is 11.8 Å². The number of allylic oxidation sites excluding steroid dienone is 2. The first-order valence-corrected chi connectivity index (χ1v) is 14.9. The Labute approximate surface area is 184 Å². The number of halogens is 2. The van der Waals surface area contributed by atoms with Crippen LogP contribution in [0.4, 0.5) is 0 Å². The average Bonchev–Trinajstić information content (AvgIpc) is 3.62. The predicted molar refractivity (Wildman–Crippen MR) is 127 cm³/mol. The second-order valence-electron chi connectivity index (χ2n) is 10.0. The molecule has 0 saturated heterocycles. The van der Waals surface area contributed by atoms with Crippen molar-refractivity contribution in [3.8, 4) is 0 Å². The van der Waals surface area contributed by atoms with Gasteiger partial charge in [-0.05, 0) is 71.9 Å². The predicted octanol–water partition coefficient (Wildman–Crippen LogP) is 8.26. The molecule has 2 unspecified atom stereocenters. The minimum Gasteiger partial charge on any atom is -0.0837 e. The van der Waals surface area contributed by atoms with E-state index in [1.54, 1.807) is 11.1 Å². The lowest BCUT2D eigenvalue weighted by molar-refractivity contribution is 0.851. The molecule has 29 heavy (non-hydrogen) atoms. The van der Waals surface area contributed by atoms with Gasteiger partial charge in [-0.1, -0.05) is 83.9 Å². The van der Waals surface area contributed by atoms with Crippen LogP contribution in [0.3, 0.4) is 0 Å². The first-order valence-electron chi connectivity index (χ1n) is 11.0. The second-order valence-corrected chi connectivity index (χ2v) is 15.6. The summed E-state index contributed by atoms with van der Waals surface area (Å²) < 4.78 is 0. The van der Waals surface area contributed by atoms with Gasteiger partial charge in [0.2, 0.25) is 0 Å². The Bertz CT molecular complexity index is 1000. The standard InChI is InChI=1S/C26H26Cl2Si/c1-29(2,25-17-5-3-7-23(27)21(17)13-19(25)15-9-10-15)26-18-6-4-8-24(28)22(18)14-20(26)16-11-12-16/h3-8,13-16,25-26H,9-12H2,1-2H3. The Kier molecular flexibility index (Phi) is 4.05. The van der Waals surface area contributed by atoms with Gasteiger partial charge in [0.15, 0.2) is 0 Å². The van der Waals surface area contributed by atoms with Gasteiger partial charge in [0.05, 0.1) is 8.07 Å². The molecule has 2 atom stereocenters. The van der Waals surface area contributed by atoms with E-state index in [1.165, 1.54) is 47.9 Å². The highest BCUT2D eigenvalue weighted by molar-refractivity contribution is 6.82. The molecule has 0 aromatic heterocycles. The van der Waals surface area contributed by atoms with E-state index in [1.807, 2.05) is 0 Å². The first kappa shape index (κ1) is 18.5. The largest absolute Gasteiger partial charge is 0.0837 e. The molecular weight excluding hydrogens is 411 g/mol. The van der Waals surface area contributed by atoms with Gasteiger partial charge in [0.1, 0.15) is 0 Å². The van der Waals surface area contributed by atoms with E-state index in [2.05, 4.69) is 61.6 Å². The van der Waals surface area contributed by atoms with Gasteiger partial charge in [-0.3, -0.25) is 0 Å². The third-order valence-corrected chi connectivity index (χ3v) is 12.6. The van der Waals surface area contributed by atoms with Gasteiger partial charge in [0, 0.05) is 21.1 Å². The van der Waals surface area contributed by atoms with Crippen LogP contribution in [0.15, 0.2) is 47.5 Å². The zero-order chi connectivity index (χ0) is 19.9. The highest BCUT2D eigenvalue weighted by atomic mass is 35.5. The van der Waals surface area contributed by atoms with Crippen molar-refractivity contribution in [1.29, 1.82) is 0 Å². The van der Waals surface area contributed by atoms with Crippen molar-refractivity contribution >= 4 is 43.4 Å². The third-order valence-electron chi connectivity index (χ3n) is 7.67. The summed E-state index contributed by atoms with van der Waals surface area (Å²) >= 11 is 13.3. The number of rotatable bonds is 4. The van der Waals surface area contributed by atoms with E-state index in [0.717, 1.165) is 21.9 Å². The van der Waals surface area contributed by atoms with Crippen molar-refractivity contribution in [2.45, 2.75) is 49.9 Å². The highest BCUT2D eigenvalue weighted by Gasteiger charge is 2.52. The molecule has 0 nitrogen and oxygen atoms in total. The molecule has 0 amide bonds. The van der Waals surface area contributed by atoms with Crippen LogP contribution in [0.2, 0.25) is 23.1 Å². The van der Waals surface area contributed by atoms with Crippen LogP contribution in [0.25, 0.3) is 12.2 Å². The minimum atomic E-state index is -1.81. The molecule has 0 heterocycles. The average molecular weight is 437 g/mol. The summed E-state index contributed by atoms with van der Waals surface area (Å²) in [6.07, 6.45) is 10.3. The molecule has 2 aromatic carbocycles. The Morgan fingerprint density at radius 1 is 0.690 bits per heavy atom. The van der Waals surface area contributed by atoms with Gasteiger partial charge in [-0.25, -0.2) is 0 Å². The Morgan fingerprint density at radius 3 is 1.48 bits per heavy atom. The minimum absolute atomic E-state index is 0.556. The third kappa shape index (κ3) is 2.77. The lowest BCUT2D eigenvalue weighted by Gasteiger charge is -2.40. The van der Waals surface area contributed by atoms with Gasteiger partial charge in [0.25, 0.3) is 0 Å². The van der Waals surface area contributed by atoms with Crippen LogP contribution in [0, 0.1) is 11.8 Å². The molecule has 4 aliphatic carbocycles. The molecule has 3 heteroatoms. The molecule has 0 spiro atoms. The molecule has 4 aliphatic rings. The van der Waals surface area contributed by atoms with Crippen molar-refractivity contribution in [2.75, 3.05) is 0 Å². The maximum atomic E-state index is 6.67. The normalized spacial score (nSPS) is 25.5. The maximum absolute atomic E-state index is 6.67. The summed E-state index contributed by atoms with van der Waals surface area (Å²) in [7, 11) is -1.81. The monoisotopic (exact) mass is 436 g/mol. The fourth-order valence-electron chi connectivity index (χ4n) is 6.14. The SMILES string of the molecule is C[Si](C)(C1C(C2CC2)=Cc2c(Cl)cccc21)C1C(C2CC2)=Cc2c(Cl)cccc21. The van der Waals surface area contributed by atoms with Crippen LogP contribution >= 0.6 is 23.2 Å². The summed E-state index contributed by atoms with van der Waals surface area (Å²) in [6, 6.07) is 13.1. The van der Waals surface area contributed by atoms with Crippen LogP contribution in [-0.4, -0.2) is 8.07 Å². The molecule has 0 radical (unpaired) electrons. The van der Waals surface area contributed by atoms with Gasteiger partial charge >= 0.3 is 0 Å². The van der Waals surface area contributed by atoms with E-state index in [-0.39, 0.29) is 0 Å². The topological polar surface area (TPSA) is 0 Å². The van der Waals surface area contributed by atoms with Crippen LogP contribution < -0.4 is 0 Å². The summed E-state index contributed by atoms with van der Waals surface area (Å²) in [6.45, 7) is 5.25. The molecule has 148 valence electrons. The molecular formula is C26H26Cl2Si. The zero-order valence-electron chi connectivity index (χ0n) is 17.0. The van der Waals surface area contributed by atoms with Gasteiger partial charge < -0.3 is 0 Å². The molecule has 0 N–H and O–H groups in total. The quantitative estimate of drug-likeness (QED) is 0.422. The summed E-state index contributed by atoms with van der Waals surface area (Å²) in [4.78, 5) is 0. The molecule has 6 rings (SSSR count). The molecule has 0 aliphatic heterocycles. The Balaban J connectivity index is 1.52. The van der Waals surface area contributed by atoms with Crippen LogP contribution in [0.5, 0.6) is 0 Å². The maximum Gasteiger partial charge on any atom is 0.0722 e. The number of hydrogen-bond acceptors (Lipinski definition) is 0. The Morgan fingerprint density at radius 2 is 1.10 bits per heavy atom. The van der Waals surface area contributed by atoms with Crippen molar-refractivity contribution in [1.82, 2.24) is 0 Å². The van der Waals surface area contributed by atoms with Gasteiger partial charge in [-0.2, -0.15) is 0 Å². The molecule has 2 saturated carbocycles. The summed E-state index contributed by atoms with van der Waals surface area (Å²) in [5.41, 5.74) is 10.0. The zero-order valence-corrected chi connectivity index (χ0v) is 19.5. The van der Waals surface area contributed by atoms with E-state index in [9.17, 15) is 0 Å².